The summed E-state index contributed by atoms with van der Waals surface area (Å²) in [7, 11) is 2.27. The molecule has 0 aromatic rings. The third-order valence-corrected chi connectivity index (χ3v) is 3.62. The predicted molar refractivity (Wildman–Crippen MR) is 71.8 cm³/mol. The van der Waals surface area contributed by atoms with E-state index in [1.165, 1.54) is 58.2 Å². The SMILES string of the molecule is CCCCC(CC)CN(C)CCNC1CC1. The largest absolute Gasteiger partial charge is 0.313 e. The van der Waals surface area contributed by atoms with Crippen molar-refractivity contribution < 1.29 is 0 Å². The molecule has 0 saturated heterocycles. The Morgan fingerprint density at radius 1 is 1.31 bits per heavy atom. The summed E-state index contributed by atoms with van der Waals surface area (Å²) in [5, 5.41) is 3.58. The van der Waals surface area contributed by atoms with E-state index in [0.29, 0.717) is 0 Å². The van der Waals surface area contributed by atoms with Gasteiger partial charge in [-0.05, 0) is 32.2 Å². The molecule has 1 aliphatic carbocycles. The van der Waals surface area contributed by atoms with E-state index in [1.54, 1.807) is 0 Å². The van der Waals surface area contributed by atoms with Crippen LogP contribution in [0.4, 0.5) is 0 Å². The predicted octanol–water partition coefficient (Wildman–Crippen LogP) is 2.89. The van der Waals surface area contributed by atoms with Crippen LogP contribution in [-0.2, 0) is 0 Å². The van der Waals surface area contributed by atoms with E-state index in [2.05, 4.69) is 31.1 Å². The van der Waals surface area contributed by atoms with Crippen molar-refractivity contribution in [1.82, 2.24) is 10.2 Å². The lowest BCUT2D eigenvalue weighted by molar-refractivity contribution is 0.259. The van der Waals surface area contributed by atoms with Gasteiger partial charge in [0.15, 0.2) is 0 Å². The van der Waals surface area contributed by atoms with E-state index in [9.17, 15) is 0 Å². The normalized spacial score (nSPS) is 18.0. The molecule has 1 fully saturated rings. The molecule has 0 amide bonds. The number of likely N-dealkylation sites (N-methyl/N-ethyl adjacent to an activating group) is 1. The quantitative estimate of drug-likeness (QED) is 0.616. The Morgan fingerprint density at radius 3 is 2.62 bits per heavy atom. The monoisotopic (exact) mass is 226 g/mol. The van der Waals surface area contributed by atoms with Crippen molar-refractivity contribution in [3.8, 4) is 0 Å². The average molecular weight is 226 g/mol. The van der Waals surface area contributed by atoms with Crippen LogP contribution >= 0.6 is 0 Å². The van der Waals surface area contributed by atoms with Gasteiger partial charge in [0.1, 0.15) is 0 Å². The van der Waals surface area contributed by atoms with E-state index >= 15 is 0 Å². The molecular formula is C14H30N2. The number of nitrogens with zero attached hydrogens (tertiary/aromatic N) is 1. The van der Waals surface area contributed by atoms with Crippen molar-refractivity contribution in [3.63, 3.8) is 0 Å². The van der Waals surface area contributed by atoms with Crippen LogP contribution in [-0.4, -0.2) is 37.6 Å². The Labute approximate surface area is 102 Å². The summed E-state index contributed by atoms with van der Waals surface area (Å²) in [6, 6.07) is 0.857. The standard InChI is InChI=1S/C14H30N2/c1-4-6-7-13(5-2)12-16(3)11-10-15-14-8-9-14/h13-15H,4-12H2,1-3H3. The minimum Gasteiger partial charge on any atom is -0.313 e. The first-order valence-corrected chi connectivity index (χ1v) is 7.18. The zero-order valence-corrected chi connectivity index (χ0v) is 11.5. The summed E-state index contributed by atoms with van der Waals surface area (Å²) in [5.41, 5.74) is 0. The molecule has 0 spiro atoms. The third kappa shape index (κ3) is 6.49. The third-order valence-electron chi connectivity index (χ3n) is 3.62. The molecule has 16 heavy (non-hydrogen) atoms. The summed E-state index contributed by atoms with van der Waals surface area (Å²) >= 11 is 0. The molecule has 96 valence electrons. The number of nitrogens with one attached hydrogen (secondary N) is 1. The lowest BCUT2D eigenvalue weighted by atomic mass is 9.99. The Bertz CT molecular complexity index is 166. The van der Waals surface area contributed by atoms with Crippen LogP contribution in [0.2, 0.25) is 0 Å². The second-order valence-electron chi connectivity index (χ2n) is 5.41. The first-order chi connectivity index (χ1) is 7.76. The molecule has 2 nitrogen and oxygen atoms in total. The maximum Gasteiger partial charge on any atom is 0.0104 e. The van der Waals surface area contributed by atoms with Gasteiger partial charge in [0.2, 0.25) is 0 Å². The molecule has 1 saturated carbocycles. The molecule has 0 bridgehead atoms. The number of rotatable bonds is 10. The second kappa shape index (κ2) is 8.08. The van der Waals surface area contributed by atoms with Crippen LogP contribution in [0.15, 0.2) is 0 Å². The van der Waals surface area contributed by atoms with Crippen molar-refractivity contribution in [2.24, 2.45) is 5.92 Å². The van der Waals surface area contributed by atoms with E-state index in [4.69, 9.17) is 0 Å². The highest BCUT2D eigenvalue weighted by atomic mass is 15.1. The zero-order chi connectivity index (χ0) is 11.8. The summed E-state index contributed by atoms with van der Waals surface area (Å²) < 4.78 is 0. The highest BCUT2D eigenvalue weighted by molar-refractivity contribution is 4.80. The van der Waals surface area contributed by atoms with E-state index < -0.39 is 0 Å². The molecule has 0 heterocycles. The van der Waals surface area contributed by atoms with Crippen LogP contribution in [0.25, 0.3) is 0 Å². The molecular weight excluding hydrogens is 196 g/mol. The summed E-state index contributed by atoms with van der Waals surface area (Å²) in [5.74, 6) is 0.908. The van der Waals surface area contributed by atoms with E-state index in [0.717, 1.165) is 12.0 Å². The van der Waals surface area contributed by atoms with Gasteiger partial charge in [-0.2, -0.15) is 0 Å². The second-order valence-corrected chi connectivity index (χ2v) is 5.41. The molecule has 1 N–H and O–H groups in total. The van der Waals surface area contributed by atoms with Gasteiger partial charge >= 0.3 is 0 Å². The number of hydrogen-bond donors (Lipinski definition) is 1. The molecule has 1 aliphatic rings. The van der Waals surface area contributed by atoms with Crippen LogP contribution in [0, 0.1) is 5.92 Å². The van der Waals surface area contributed by atoms with Crippen LogP contribution < -0.4 is 5.32 Å². The first-order valence-electron chi connectivity index (χ1n) is 7.18. The molecule has 1 rings (SSSR count). The minimum absolute atomic E-state index is 0.857. The van der Waals surface area contributed by atoms with Crippen LogP contribution in [0.3, 0.4) is 0 Å². The molecule has 1 atom stereocenters. The van der Waals surface area contributed by atoms with Crippen molar-refractivity contribution in [3.05, 3.63) is 0 Å². The molecule has 0 aromatic heterocycles. The van der Waals surface area contributed by atoms with E-state index in [-0.39, 0.29) is 0 Å². The molecule has 0 radical (unpaired) electrons. The maximum atomic E-state index is 3.58. The number of hydrogen-bond acceptors (Lipinski definition) is 2. The highest BCUT2D eigenvalue weighted by Crippen LogP contribution is 2.18. The van der Waals surface area contributed by atoms with E-state index in [1.807, 2.05) is 0 Å². The van der Waals surface area contributed by atoms with Gasteiger partial charge in [0, 0.05) is 25.7 Å². The highest BCUT2D eigenvalue weighted by Gasteiger charge is 2.19. The van der Waals surface area contributed by atoms with Gasteiger partial charge in [0.25, 0.3) is 0 Å². The molecule has 2 heteroatoms. The lowest BCUT2D eigenvalue weighted by Crippen LogP contribution is -2.33. The Balaban J connectivity index is 2.01. The Hall–Kier alpha value is -0.0800. The fraction of sp³-hybridized carbons (Fsp3) is 1.00. The smallest absolute Gasteiger partial charge is 0.0104 e. The Morgan fingerprint density at radius 2 is 2.06 bits per heavy atom. The van der Waals surface area contributed by atoms with Crippen molar-refractivity contribution in [1.29, 1.82) is 0 Å². The first kappa shape index (κ1) is 14.0. The average Bonchev–Trinajstić information content (AvgIpc) is 3.08. The van der Waals surface area contributed by atoms with Gasteiger partial charge in [-0.1, -0.05) is 33.1 Å². The van der Waals surface area contributed by atoms with Crippen molar-refractivity contribution in [2.45, 2.75) is 58.4 Å². The fourth-order valence-corrected chi connectivity index (χ4v) is 2.20. The van der Waals surface area contributed by atoms with Gasteiger partial charge in [0.05, 0.1) is 0 Å². The van der Waals surface area contributed by atoms with Gasteiger partial charge < -0.3 is 10.2 Å². The fourth-order valence-electron chi connectivity index (χ4n) is 2.20. The molecule has 0 aliphatic heterocycles. The van der Waals surface area contributed by atoms with Crippen LogP contribution in [0.1, 0.15) is 52.4 Å². The number of unbranched alkanes of at least 4 members (excludes halogenated alkanes) is 1. The van der Waals surface area contributed by atoms with Gasteiger partial charge in [-0.25, -0.2) is 0 Å². The maximum absolute atomic E-state index is 3.58. The topological polar surface area (TPSA) is 15.3 Å². The van der Waals surface area contributed by atoms with Crippen molar-refractivity contribution in [2.75, 3.05) is 26.7 Å². The minimum atomic E-state index is 0.857. The zero-order valence-electron chi connectivity index (χ0n) is 11.5. The lowest BCUT2D eigenvalue weighted by Gasteiger charge is -2.23. The summed E-state index contributed by atoms with van der Waals surface area (Å²) in [4.78, 5) is 2.50. The summed E-state index contributed by atoms with van der Waals surface area (Å²) in [6.45, 7) is 8.28. The molecule has 1 unspecified atom stereocenters. The summed E-state index contributed by atoms with van der Waals surface area (Å²) in [6.07, 6.45) is 8.28. The Kier molecular flexibility index (Phi) is 7.06. The van der Waals surface area contributed by atoms with Gasteiger partial charge in [-0.3, -0.25) is 0 Å². The molecule has 0 aromatic carbocycles. The van der Waals surface area contributed by atoms with Crippen molar-refractivity contribution >= 4 is 0 Å². The van der Waals surface area contributed by atoms with Crippen LogP contribution in [0.5, 0.6) is 0 Å². The van der Waals surface area contributed by atoms with Gasteiger partial charge in [-0.15, -0.1) is 0 Å².